The number of amides is 1. The third kappa shape index (κ3) is 10.4. The van der Waals surface area contributed by atoms with Gasteiger partial charge in [0.05, 0.1) is 31.4 Å². The minimum absolute atomic E-state index is 0.0954. The van der Waals surface area contributed by atoms with Crippen LogP contribution >= 0.6 is 0 Å². The highest BCUT2D eigenvalue weighted by Crippen LogP contribution is 2.46. The molecule has 0 bridgehead atoms. The molecule has 0 aliphatic carbocycles. The number of esters is 2. The van der Waals surface area contributed by atoms with Crippen molar-refractivity contribution in [3.63, 3.8) is 0 Å². The summed E-state index contributed by atoms with van der Waals surface area (Å²) in [5, 5.41) is 19.7. The van der Waals surface area contributed by atoms with E-state index in [1.165, 1.54) is 26.0 Å². The van der Waals surface area contributed by atoms with Crippen molar-refractivity contribution in [2.75, 3.05) is 30.9 Å². The molecular weight excluding hydrogens is 667 g/mol. The summed E-state index contributed by atoms with van der Waals surface area (Å²) in [5.41, 5.74) is 2.67. The maximum absolute atomic E-state index is 13.8. The number of benzene rings is 3. The normalized spacial score (nSPS) is 16.8. The van der Waals surface area contributed by atoms with Crippen molar-refractivity contribution in [3.8, 4) is 0 Å². The van der Waals surface area contributed by atoms with Gasteiger partial charge in [-0.25, -0.2) is 17.5 Å². The third-order valence-corrected chi connectivity index (χ3v) is 9.58. The largest absolute Gasteiger partial charge is 0.458 e. The Kier molecular flexibility index (Phi) is 13.3. The van der Waals surface area contributed by atoms with Gasteiger partial charge in [0.25, 0.3) is 0 Å². The smallest absolute Gasteiger partial charge is 0.303 e. The van der Waals surface area contributed by atoms with Gasteiger partial charge < -0.3 is 24.6 Å². The van der Waals surface area contributed by atoms with E-state index >= 15 is 0 Å². The first-order valence-corrected chi connectivity index (χ1v) is 18.4. The maximum atomic E-state index is 13.8. The van der Waals surface area contributed by atoms with Crippen LogP contribution in [0.4, 0.5) is 10.1 Å². The molecule has 1 amide bonds. The van der Waals surface area contributed by atoms with Gasteiger partial charge in [-0.15, -0.1) is 0 Å². The van der Waals surface area contributed by atoms with E-state index in [9.17, 15) is 37.4 Å². The van der Waals surface area contributed by atoms with E-state index in [0.29, 0.717) is 49.9 Å². The van der Waals surface area contributed by atoms with E-state index in [0.717, 1.165) is 22.9 Å². The number of aryl methyl sites for hydroxylation is 2. The SMILES string of the molecule is CC(=O)O[C@@H](CC[C@H]1C(=O)N(c2ccc(CCCNS(C)(=O)=O)cc2)[C@@H]1c1ccc(CCC(CO)(CO)OC(C)=O)cc1)c1ccc(F)cc1. The second-order valence-corrected chi connectivity index (χ2v) is 14.6. The number of ether oxygens (including phenoxy) is 2. The van der Waals surface area contributed by atoms with Gasteiger partial charge in [0.1, 0.15) is 11.9 Å². The van der Waals surface area contributed by atoms with Gasteiger partial charge in [-0.2, -0.15) is 0 Å². The van der Waals surface area contributed by atoms with E-state index in [1.807, 2.05) is 48.5 Å². The first-order valence-electron chi connectivity index (χ1n) is 16.5. The fourth-order valence-electron chi connectivity index (χ4n) is 6.26. The molecule has 0 saturated carbocycles. The Balaban J connectivity index is 1.55. The van der Waals surface area contributed by atoms with Gasteiger partial charge in [0, 0.05) is 26.1 Å². The van der Waals surface area contributed by atoms with Gasteiger partial charge >= 0.3 is 11.9 Å². The number of nitrogens with one attached hydrogen (secondary N) is 1. The summed E-state index contributed by atoms with van der Waals surface area (Å²) < 4.78 is 49.6. The summed E-state index contributed by atoms with van der Waals surface area (Å²) in [6.45, 7) is 1.80. The van der Waals surface area contributed by atoms with Crippen LogP contribution < -0.4 is 9.62 Å². The van der Waals surface area contributed by atoms with Crippen LogP contribution in [0.1, 0.15) is 73.9 Å². The Morgan fingerprint density at radius 2 is 1.52 bits per heavy atom. The summed E-state index contributed by atoms with van der Waals surface area (Å²) in [5.74, 6) is -2.04. The Hall–Kier alpha value is -4.17. The van der Waals surface area contributed by atoms with E-state index < -0.39 is 58.6 Å². The second kappa shape index (κ2) is 17.2. The maximum Gasteiger partial charge on any atom is 0.303 e. The van der Waals surface area contributed by atoms with Crippen LogP contribution in [-0.4, -0.2) is 68.1 Å². The fraction of sp³-hybridized carbons (Fsp3) is 0.432. The molecule has 1 saturated heterocycles. The van der Waals surface area contributed by atoms with Crippen LogP contribution in [-0.2, 0) is 46.7 Å². The molecule has 270 valence electrons. The highest BCUT2D eigenvalue weighted by Gasteiger charge is 2.48. The number of nitrogens with zero attached hydrogens (tertiary/aromatic N) is 1. The molecule has 1 fully saturated rings. The molecule has 1 heterocycles. The van der Waals surface area contributed by atoms with Gasteiger partial charge in [-0.1, -0.05) is 48.5 Å². The lowest BCUT2D eigenvalue weighted by Crippen LogP contribution is -2.55. The van der Waals surface area contributed by atoms with Gasteiger partial charge in [0.15, 0.2) is 5.60 Å². The van der Waals surface area contributed by atoms with E-state index in [2.05, 4.69) is 4.72 Å². The van der Waals surface area contributed by atoms with Crippen LogP contribution in [0.15, 0.2) is 72.8 Å². The summed E-state index contributed by atoms with van der Waals surface area (Å²) in [4.78, 5) is 39.0. The van der Waals surface area contributed by atoms with E-state index in [4.69, 9.17) is 9.47 Å². The molecule has 50 heavy (non-hydrogen) atoms. The number of aliphatic hydroxyl groups excluding tert-OH is 2. The lowest BCUT2D eigenvalue weighted by atomic mass is 9.78. The molecule has 0 unspecified atom stereocenters. The Labute approximate surface area is 292 Å². The minimum Gasteiger partial charge on any atom is -0.458 e. The average molecular weight is 713 g/mol. The minimum atomic E-state index is -3.26. The van der Waals surface area contributed by atoms with Crippen molar-refractivity contribution >= 4 is 33.6 Å². The number of aliphatic hydroxyl groups is 2. The quantitative estimate of drug-likeness (QED) is 0.0993. The van der Waals surface area contributed by atoms with Gasteiger partial charge in [-0.3, -0.25) is 14.4 Å². The molecule has 13 heteroatoms. The highest BCUT2D eigenvalue weighted by molar-refractivity contribution is 7.88. The molecule has 0 radical (unpaired) electrons. The van der Waals surface area contributed by atoms with Gasteiger partial charge in [0.2, 0.25) is 15.9 Å². The zero-order valence-electron chi connectivity index (χ0n) is 28.5. The number of sulfonamides is 1. The fourth-order valence-corrected chi connectivity index (χ4v) is 6.77. The number of hydrogen-bond donors (Lipinski definition) is 3. The predicted molar refractivity (Wildman–Crippen MR) is 185 cm³/mol. The molecule has 1 aliphatic heterocycles. The number of rotatable bonds is 18. The van der Waals surface area contributed by atoms with Crippen LogP contribution in [0.25, 0.3) is 0 Å². The predicted octanol–water partition coefficient (Wildman–Crippen LogP) is 4.32. The molecule has 1 aliphatic rings. The number of anilines is 1. The van der Waals surface area contributed by atoms with Crippen molar-refractivity contribution in [1.29, 1.82) is 0 Å². The summed E-state index contributed by atoms with van der Waals surface area (Å²) in [6, 6.07) is 20.6. The average Bonchev–Trinajstić information content (AvgIpc) is 3.07. The molecule has 0 aromatic heterocycles. The molecule has 4 rings (SSSR count). The lowest BCUT2D eigenvalue weighted by Gasteiger charge is -2.48. The standard InChI is InChI=1S/C37H45FN2O9S/c1-25(43)48-34(29-12-14-31(38)15-13-29)19-18-33-35(30-10-6-28(7-11-30)20-21-37(23-41,24-42)49-26(2)44)40(36(33)45)32-16-8-27(9-17-32)5-4-22-39-50(3,46)47/h6-17,33-35,39,41-42H,4-5,18-24H2,1-3H3/t33-,34+,35-/m1/s1. The molecular formula is C37H45FN2O9S. The van der Waals surface area contributed by atoms with Gasteiger partial charge in [-0.05, 0) is 85.0 Å². The molecule has 11 nitrogen and oxygen atoms in total. The highest BCUT2D eigenvalue weighted by atomic mass is 32.2. The van der Waals surface area contributed by atoms with Crippen molar-refractivity contribution in [2.24, 2.45) is 5.92 Å². The number of halogens is 1. The van der Waals surface area contributed by atoms with Crippen LogP contribution in [0.2, 0.25) is 0 Å². The lowest BCUT2D eigenvalue weighted by molar-refractivity contribution is -0.168. The van der Waals surface area contributed by atoms with Crippen LogP contribution in [0.5, 0.6) is 0 Å². The third-order valence-electron chi connectivity index (χ3n) is 8.85. The van der Waals surface area contributed by atoms with Crippen molar-refractivity contribution < 1.29 is 46.9 Å². The number of carbonyl (C=O) groups is 3. The molecule has 3 N–H and O–H groups in total. The zero-order valence-corrected chi connectivity index (χ0v) is 29.3. The van der Waals surface area contributed by atoms with Crippen molar-refractivity contribution in [1.82, 2.24) is 4.72 Å². The zero-order chi connectivity index (χ0) is 36.5. The topological polar surface area (TPSA) is 160 Å². The van der Waals surface area contributed by atoms with Crippen LogP contribution in [0.3, 0.4) is 0 Å². The Morgan fingerprint density at radius 3 is 2.08 bits per heavy atom. The number of β-lactam (4-membered cyclic amide) rings is 1. The summed E-state index contributed by atoms with van der Waals surface area (Å²) in [6.07, 6.45) is 3.06. The number of carbonyl (C=O) groups excluding carboxylic acids is 3. The summed E-state index contributed by atoms with van der Waals surface area (Å²) in [7, 11) is -3.26. The molecule has 3 atom stereocenters. The second-order valence-electron chi connectivity index (χ2n) is 12.8. The van der Waals surface area contributed by atoms with Crippen LogP contribution in [0, 0.1) is 11.7 Å². The summed E-state index contributed by atoms with van der Waals surface area (Å²) >= 11 is 0. The monoisotopic (exact) mass is 712 g/mol. The molecule has 3 aromatic rings. The van der Waals surface area contributed by atoms with E-state index in [1.54, 1.807) is 17.0 Å². The Morgan fingerprint density at radius 1 is 0.920 bits per heavy atom. The molecule has 0 spiro atoms. The Bertz CT molecular complexity index is 1710. The van der Waals surface area contributed by atoms with Crippen molar-refractivity contribution in [3.05, 3.63) is 101 Å². The molecule has 3 aromatic carbocycles. The van der Waals surface area contributed by atoms with E-state index in [-0.39, 0.29) is 18.4 Å². The first-order chi connectivity index (χ1) is 23.7. The first kappa shape index (κ1) is 38.6. The van der Waals surface area contributed by atoms with Crippen molar-refractivity contribution in [2.45, 2.75) is 70.1 Å². The number of hydrogen-bond acceptors (Lipinski definition) is 9.